The van der Waals surface area contributed by atoms with Crippen LogP contribution < -0.4 is 10.6 Å². The molecule has 0 spiro atoms. The first-order valence-electron chi connectivity index (χ1n) is 9.08. The first kappa shape index (κ1) is 23.5. The zero-order chi connectivity index (χ0) is 23.5. The third kappa shape index (κ3) is 6.17. The van der Waals surface area contributed by atoms with E-state index in [1.165, 1.54) is 25.5 Å². The minimum atomic E-state index is -4.32. The molecule has 170 valence electrons. The summed E-state index contributed by atoms with van der Waals surface area (Å²) in [5.74, 6) is -2.48. The molecule has 32 heavy (non-hydrogen) atoms. The Balaban J connectivity index is 1.69. The number of carbonyl (C=O) groups excluding carboxylic acids is 1. The minimum Gasteiger partial charge on any atom is -0.329 e. The molecule has 3 aromatic rings. The third-order valence-corrected chi connectivity index (χ3v) is 4.95. The zero-order valence-corrected chi connectivity index (χ0v) is 17.6. The van der Waals surface area contributed by atoms with Gasteiger partial charge in [0.15, 0.2) is 11.6 Å². The predicted octanol–water partition coefficient (Wildman–Crippen LogP) is 4.51. The fourth-order valence-corrected chi connectivity index (χ4v) is 3.55. The van der Waals surface area contributed by atoms with E-state index in [-0.39, 0.29) is 23.6 Å². The Kier molecular flexibility index (Phi) is 6.99. The van der Waals surface area contributed by atoms with Crippen molar-refractivity contribution in [2.75, 3.05) is 24.2 Å². The average molecular weight is 472 g/mol. The number of halogens is 5. The molecule has 0 radical (unpaired) electrons. The summed E-state index contributed by atoms with van der Waals surface area (Å²) in [6.07, 6.45) is -1.67. The number of hydrogen-bond acceptors (Lipinski definition) is 7. The second kappa shape index (κ2) is 9.53. The molecule has 0 fully saturated rings. The van der Waals surface area contributed by atoms with Crippen LogP contribution in [0.5, 0.6) is 0 Å². The van der Waals surface area contributed by atoms with Crippen molar-refractivity contribution in [3.63, 3.8) is 0 Å². The van der Waals surface area contributed by atoms with Gasteiger partial charge in [0.2, 0.25) is 0 Å². The Morgan fingerprint density at radius 2 is 1.91 bits per heavy atom. The van der Waals surface area contributed by atoms with Crippen LogP contribution in [0.4, 0.5) is 38.5 Å². The van der Waals surface area contributed by atoms with Gasteiger partial charge in [-0.3, -0.25) is 14.7 Å². The number of benzene rings is 1. The highest BCUT2D eigenvalue weighted by atomic mass is 32.1. The number of nitrogens with one attached hydrogen (secondary N) is 2. The molecule has 0 bridgehead atoms. The first-order valence-corrected chi connectivity index (χ1v) is 9.85. The van der Waals surface area contributed by atoms with E-state index >= 15 is 0 Å². The third-order valence-electron chi connectivity index (χ3n) is 4.10. The van der Waals surface area contributed by atoms with Crippen molar-refractivity contribution in [1.82, 2.24) is 19.2 Å². The number of carbonyl (C=O) groups is 1. The highest BCUT2D eigenvalue weighted by Crippen LogP contribution is 2.28. The Bertz CT molecular complexity index is 1100. The summed E-state index contributed by atoms with van der Waals surface area (Å²) in [4.78, 5) is 21.9. The highest BCUT2D eigenvalue weighted by Gasteiger charge is 2.29. The van der Waals surface area contributed by atoms with Gasteiger partial charge in [-0.2, -0.15) is 17.5 Å². The van der Waals surface area contributed by atoms with Crippen LogP contribution in [0.25, 0.3) is 0 Å². The lowest BCUT2D eigenvalue weighted by Crippen LogP contribution is -2.30. The fraction of sp³-hybridized carbons (Fsp3) is 0.263. The SMILES string of the molecule is Cc1nsc(Nc2cnc(CN(C)CC(F)(F)F)cn2)c1C(=O)Nc1ccc(F)c(F)c1. The molecule has 0 atom stereocenters. The number of amides is 1. The van der Waals surface area contributed by atoms with E-state index in [0.29, 0.717) is 16.4 Å². The number of aryl methyl sites for hydroxylation is 1. The molecular formula is C19H17F5N6OS. The van der Waals surface area contributed by atoms with Crippen molar-refractivity contribution >= 4 is 33.9 Å². The number of anilines is 3. The van der Waals surface area contributed by atoms with Gasteiger partial charge in [0, 0.05) is 18.3 Å². The summed E-state index contributed by atoms with van der Waals surface area (Å²) in [7, 11) is 1.32. The van der Waals surface area contributed by atoms with Crippen LogP contribution >= 0.6 is 11.5 Å². The van der Waals surface area contributed by atoms with E-state index in [2.05, 4.69) is 25.0 Å². The number of rotatable bonds is 7. The van der Waals surface area contributed by atoms with E-state index in [1.807, 2.05) is 0 Å². The van der Waals surface area contributed by atoms with Gasteiger partial charge in [-0.05, 0) is 37.6 Å². The quantitative estimate of drug-likeness (QED) is 0.493. The molecule has 13 heteroatoms. The van der Waals surface area contributed by atoms with Crippen molar-refractivity contribution in [1.29, 1.82) is 0 Å². The second-order valence-electron chi connectivity index (χ2n) is 6.86. The minimum absolute atomic E-state index is 0.0473. The lowest BCUT2D eigenvalue weighted by Gasteiger charge is -2.17. The second-order valence-corrected chi connectivity index (χ2v) is 7.63. The molecule has 1 aromatic carbocycles. The van der Waals surface area contributed by atoms with Gasteiger partial charge < -0.3 is 10.6 Å². The van der Waals surface area contributed by atoms with Gasteiger partial charge in [-0.25, -0.2) is 13.8 Å². The fourth-order valence-electron chi connectivity index (χ4n) is 2.75. The van der Waals surface area contributed by atoms with Gasteiger partial charge in [-0.15, -0.1) is 0 Å². The average Bonchev–Trinajstić information content (AvgIpc) is 3.05. The molecule has 7 nitrogen and oxygen atoms in total. The molecule has 0 saturated carbocycles. The molecule has 0 unspecified atom stereocenters. The van der Waals surface area contributed by atoms with Crippen LogP contribution in [-0.4, -0.2) is 44.9 Å². The molecule has 2 N–H and O–H groups in total. The summed E-state index contributed by atoms with van der Waals surface area (Å²) in [5, 5.41) is 5.70. The summed E-state index contributed by atoms with van der Waals surface area (Å²) in [6, 6.07) is 2.97. The van der Waals surface area contributed by atoms with Gasteiger partial charge in [0.1, 0.15) is 10.8 Å². The molecule has 0 aliphatic carbocycles. The van der Waals surface area contributed by atoms with Crippen molar-refractivity contribution in [2.24, 2.45) is 0 Å². The summed E-state index contributed by atoms with van der Waals surface area (Å²) in [6.45, 7) is 0.479. The van der Waals surface area contributed by atoms with Gasteiger partial charge in [0.05, 0.1) is 35.9 Å². The van der Waals surface area contributed by atoms with E-state index in [9.17, 15) is 26.7 Å². The van der Waals surface area contributed by atoms with Crippen LogP contribution in [0.2, 0.25) is 0 Å². The molecule has 1 amide bonds. The van der Waals surface area contributed by atoms with Crippen molar-refractivity contribution in [2.45, 2.75) is 19.6 Å². The van der Waals surface area contributed by atoms with Gasteiger partial charge >= 0.3 is 6.18 Å². The van der Waals surface area contributed by atoms with Crippen LogP contribution in [0, 0.1) is 18.6 Å². The van der Waals surface area contributed by atoms with E-state index in [1.54, 1.807) is 6.92 Å². The van der Waals surface area contributed by atoms with Crippen LogP contribution in [0.1, 0.15) is 21.7 Å². The Labute approximate surface area is 183 Å². The molecular weight excluding hydrogens is 455 g/mol. The van der Waals surface area contributed by atoms with Crippen LogP contribution in [-0.2, 0) is 6.54 Å². The summed E-state index contributed by atoms with van der Waals surface area (Å²) < 4.78 is 67.9. The maximum absolute atomic E-state index is 13.4. The highest BCUT2D eigenvalue weighted by molar-refractivity contribution is 7.10. The number of nitrogens with zero attached hydrogens (tertiary/aromatic N) is 4. The van der Waals surface area contributed by atoms with Crippen LogP contribution in [0.15, 0.2) is 30.6 Å². The van der Waals surface area contributed by atoms with Crippen molar-refractivity contribution in [3.8, 4) is 0 Å². The van der Waals surface area contributed by atoms with Crippen molar-refractivity contribution < 1.29 is 26.7 Å². The molecule has 0 aliphatic rings. The summed E-state index contributed by atoms with van der Waals surface area (Å²) >= 11 is 0.980. The molecule has 3 rings (SSSR count). The molecule has 0 aliphatic heterocycles. The maximum atomic E-state index is 13.4. The van der Waals surface area contributed by atoms with Crippen LogP contribution in [0.3, 0.4) is 0 Å². The number of hydrogen-bond donors (Lipinski definition) is 2. The topological polar surface area (TPSA) is 83.0 Å². The molecule has 2 heterocycles. The van der Waals surface area contributed by atoms with Crippen molar-refractivity contribution in [3.05, 3.63) is 59.2 Å². The Morgan fingerprint density at radius 3 is 2.53 bits per heavy atom. The zero-order valence-electron chi connectivity index (χ0n) is 16.8. The summed E-state index contributed by atoms with van der Waals surface area (Å²) in [5.41, 5.74) is 0.975. The normalized spacial score (nSPS) is 11.6. The number of alkyl halides is 3. The predicted molar refractivity (Wildman–Crippen MR) is 109 cm³/mol. The first-order chi connectivity index (χ1) is 15.0. The van der Waals surface area contributed by atoms with E-state index < -0.39 is 30.3 Å². The monoisotopic (exact) mass is 472 g/mol. The largest absolute Gasteiger partial charge is 0.401 e. The molecule has 2 aromatic heterocycles. The number of aromatic nitrogens is 3. The standard InChI is InChI=1S/C19H17F5N6OS/c1-10-16(17(31)27-11-3-4-13(20)14(21)5-11)18(32-29-10)28-15-7-25-12(6-26-15)8-30(2)9-19(22,23)24/h3-7H,8-9H2,1-2H3,(H,26,28)(H,27,31). The van der Waals surface area contributed by atoms with E-state index in [0.717, 1.165) is 28.6 Å². The smallest absolute Gasteiger partial charge is 0.329 e. The van der Waals surface area contributed by atoms with E-state index in [4.69, 9.17) is 0 Å². The lowest BCUT2D eigenvalue weighted by atomic mass is 10.2. The Hall–Kier alpha value is -3.19. The lowest BCUT2D eigenvalue weighted by molar-refractivity contribution is -0.144. The van der Waals surface area contributed by atoms with Gasteiger partial charge in [-0.1, -0.05) is 0 Å². The van der Waals surface area contributed by atoms with Gasteiger partial charge in [0.25, 0.3) is 5.91 Å². The Morgan fingerprint density at radius 1 is 1.16 bits per heavy atom. The maximum Gasteiger partial charge on any atom is 0.401 e. The molecule has 0 saturated heterocycles.